The molecule has 74 valence electrons. The fourth-order valence-corrected chi connectivity index (χ4v) is 1.12. The monoisotopic (exact) mass is 191 g/mol. The molecule has 0 fully saturated rings. The first-order valence-corrected chi connectivity index (χ1v) is 4.48. The number of carbonyl (C=O) groups excluding carboxylic acids is 1. The van der Waals surface area contributed by atoms with Crippen LogP contribution in [0.2, 0.25) is 0 Å². The van der Waals surface area contributed by atoms with Gasteiger partial charge < -0.3 is 4.90 Å². The van der Waals surface area contributed by atoms with E-state index >= 15 is 0 Å². The van der Waals surface area contributed by atoms with Crippen molar-refractivity contribution in [3.63, 3.8) is 0 Å². The molecule has 1 amide bonds. The Labute approximate surface area is 84.0 Å². The van der Waals surface area contributed by atoms with Crippen LogP contribution in [0, 0.1) is 6.92 Å². The van der Waals surface area contributed by atoms with Gasteiger partial charge in [-0.1, -0.05) is 6.92 Å². The maximum Gasteiger partial charge on any atom is 0.273 e. The first-order chi connectivity index (χ1) is 6.65. The first-order valence-electron chi connectivity index (χ1n) is 4.48. The van der Waals surface area contributed by atoms with Crippen LogP contribution in [0.15, 0.2) is 12.4 Å². The van der Waals surface area contributed by atoms with Gasteiger partial charge in [0.15, 0.2) is 0 Å². The van der Waals surface area contributed by atoms with Gasteiger partial charge in [0.2, 0.25) is 0 Å². The topological polar surface area (TPSA) is 46.1 Å². The third-order valence-electron chi connectivity index (χ3n) is 1.78. The Morgan fingerprint density at radius 1 is 1.57 bits per heavy atom. The summed E-state index contributed by atoms with van der Waals surface area (Å²) in [6.07, 6.45) is 3.75. The highest BCUT2D eigenvalue weighted by molar-refractivity contribution is 5.91. The van der Waals surface area contributed by atoms with Crippen LogP contribution in [0.3, 0.4) is 0 Å². The molecule has 1 aromatic heterocycles. The Kier molecular flexibility index (Phi) is 3.56. The second-order valence-electron chi connectivity index (χ2n) is 3.06. The quantitative estimate of drug-likeness (QED) is 0.716. The van der Waals surface area contributed by atoms with Gasteiger partial charge in [-0.05, 0) is 6.42 Å². The molecule has 1 aromatic rings. The molecule has 2 radical (unpaired) electrons. The van der Waals surface area contributed by atoms with Crippen molar-refractivity contribution in [1.29, 1.82) is 0 Å². The number of hydrogen-bond donors (Lipinski definition) is 0. The molecule has 0 saturated carbocycles. The van der Waals surface area contributed by atoms with Crippen molar-refractivity contribution in [1.82, 2.24) is 14.9 Å². The molecule has 0 aliphatic heterocycles. The molecular formula is C10H13N3O. The predicted octanol–water partition coefficient (Wildman–Crippen LogP) is 1.02. The van der Waals surface area contributed by atoms with Gasteiger partial charge in [-0.15, -0.1) is 0 Å². The minimum atomic E-state index is -0.147. The maximum absolute atomic E-state index is 11.7. The van der Waals surface area contributed by atoms with Crippen molar-refractivity contribution >= 4 is 5.91 Å². The number of aromatic nitrogens is 2. The highest BCUT2D eigenvalue weighted by atomic mass is 16.2. The summed E-state index contributed by atoms with van der Waals surface area (Å²) in [5.41, 5.74) is 0.557. The van der Waals surface area contributed by atoms with E-state index in [1.54, 1.807) is 11.9 Å². The fraction of sp³-hybridized carbons (Fsp3) is 0.400. The van der Waals surface area contributed by atoms with E-state index in [2.05, 4.69) is 9.97 Å². The molecule has 0 spiro atoms. The van der Waals surface area contributed by atoms with E-state index in [9.17, 15) is 4.79 Å². The normalized spacial score (nSPS) is 9.93. The molecule has 0 unspecified atom stereocenters. The van der Waals surface area contributed by atoms with Crippen molar-refractivity contribution in [3.8, 4) is 0 Å². The average molecular weight is 191 g/mol. The van der Waals surface area contributed by atoms with E-state index in [0.717, 1.165) is 6.42 Å². The summed E-state index contributed by atoms with van der Waals surface area (Å²) < 4.78 is 0. The van der Waals surface area contributed by atoms with Gasteiger partial charge in [-0.2, -0.15) is 0 Å². The van der Waals surface area contributed by atoms with Gasteiger partial charge in [-0.3, -0.25) is 9.78 Å². The van der Waals surface area contributed by atoms with Gasteiger partial charge in [0.25, 0.3) is 5.91 Å². The number of hydrogen-bond acceptors (Lipinski definition) is 3. The molecule has 1 rings (SSSR count). The lowest BCUT2D eigenvalue weighted by atomic mass is 10.3. The first kappa shape index (κ1) is 10.6. The summed E-state index contributed by atoms with van der Waals surface area (Å²) in [6.45, 7) is 8.14. The second-order valence-corrected chi connectivity index (χ2v) is 3.06. The summed E-state index contributed by atoms with van der Waals surface area (Å²) in [5, 5.41) is 0. The van der Waals surface area contributed by atoms with Gasteiger partial charge >= 0.3 is 0 Å². The van der Waals surface area contributed by atoms with Crippen molar-refractivity contribution in [2.75, 3.05) is 13.6 Å². The molecule has 0 aliphatic carbocycles. The van der Waals surface area contributed by atoms with Crippen LogP contribution in [0.4, 0.5) is 0 Å². The number of rotatable bonds is 3. The van der Waals surface area contributed by atoms with Crippen LogP contribution >= 0.6 is 0 Å². The summed E-state index contributed by atoms with van der Waals surface area (Å²) in [6, 6.07) is 0. The number of amides is 1. The molecule has 4 heteroatoms. The van der Waals surface area contributed by atoms with Gasteiger partial charge in [0.05, 0.1) is 11.9 Å². The Balaban J connectivity index is 2.78. The number of carbonyl (C=O) groups is 1. The van der Waals surface area contributed by atoms with Gasteiger partial charge in [-0.25, -0.2) is 4.98 Å². The van der Waals surface area contributed by atoms with Crippen molar-refractivity contribution in [2.24, 2.45) is 0 Å². The summed E-state index contributed by atoms with van der Waals surface area (Å²) in [7, 11) is 1.73. The molecule has 4 nitrogen and oxygen atoms in total. The molecule has 0 aliphatic rings. The fourth-order valence-electron chi connectivity index (χ4n) is 1.12. The van der Waals surface area contributed by atoms with E-state index in [4.69, 9.17) is 6.92 Å². The zero-order valence-corrected chi connectivity index (χ0v) is 8.40. The summed E-state index contributed by atoms with van der Waals surface area (Å²) in [5.74, 6) is -0.147. The van der Waals surface area contributed by atoms with Crippen LogP contribution in [0.25, 0.3) is 0 Å². The lowest BCUT2D eigenvalue weighted by Crippen LogP contribution is -2.28. The van der Waals surface area contributed by atoms with Crippen molar-refractivity contribution in [2.45, 2.75) is 13.3 Å². The average Bonchev–Trinajstić information content (AvgIpc) is 2.17. The second kappa shape index (κ2) is 4.69. The molecule has 1 heterocycles. The Morgan fingerprint density at radius 3 is 2.86 bits per heavy atom. The van der Waals surface area contributed by atoms with Crippen LogP contribution in [0.1, 0.15) is 29.5 Å². The molecular weight excluding hydrogens is 178 g/mol. The zero-order chi connectivity index (χ0) is 10.6. The Bertz CT molecular complexity index is 325. The predicted molar refractivity (Wildman–Crippen MR) is 52.7 cm³/mol. The molecule has 0 aromatic carbocycles. The highest BCUT2D eigenvalue weighted by Crippen LogP contribution is 2.00. The lowest BCUT2D eigenvalue weighted by Gasteiger charge is -2.14. The SMILES string of the molecule is [CH]c1cncc(C(=O)N(C)CCC)n1. The smallest absolute Gasteiger partial charge is 0.273 e. The third-order valence-corrected chi connectivity index (χ3v) is 1.78. The van der Waals surface area contributed by atoms with E-state index in [-0.39, 0.29) is 11.6 Å². The Hall–Kier alpha value is -1.45. The largest absolute Gasteiger partial charge is 0.340 e. The van der Waals surface area contributed by atoms with E-state index < -0.39 is 0 Å². The third kappa shape index (κ3) is 2.52. The van der Waals surface area contributed by atoms with Crippen molar-refractivity contribution in [3.05, 3.63) is 30.7 Å². The maximum atomic E-state index is 11.7. The molecule has 0 N–H and O–H groups in total. The van der Waals surface area contributed by atoms with Crippen LogP contribution in [0.5, 0.6) is 0 Å². The van der Waals surface area contributed by atoms with E-state index in [1.807, 2.05) is 6.92 Å². The molecule has 0 bridgehead atoms. The van der Waals surface area contributed by atoms with Gasteiger partial charge in [0.1, 0.15) is 5.69 Å². The molecule has 14 heavy (non-hydrogen) atoms. The molecule has 0 atom stereocenters. The standard InChI is InChI=1S/C10H13N3O/c1-4-5-13(3)10(14)9-7-11-6-8(2)12-9/h2,6-7H,4-5H2,1,3H3. The van der Waals surface area contributed by atoms with E-state index in [0.29, 0.717) is 12.2 Å². The minimum Gasteiger partial charge on any atom is -0.340 e. The summed E-state index contributed by atoms with van der Waals surface area (Å²) in [4.78, 5) is 21.0. The van der Waals surface area contributed by atoms with Crippen LogP contribution < -0.4 is 0 Å². The zero-order valence-electron chi connectivity index (χ0n) is 8.40. The van der Waals surface area contributed by atoms with Crippen LogP contribution in [-0.4, -0.2) is 34.4 Å². The Morgan fingerprint density at radius 2 is 2.29 bits per heavy atom. The molecule has 0 saturated heterocycles. The number of nitrogens with zero attached hydrogens (tertiary/aromatic N) is 3. The van der Waals surface area contributed by atoms with Gasteiger partial charge in [0, 0.05) is 26.7 Å². The minimum absolute atomic E-state index is 0.147. The summed E-state index contributed by atoms with van der Waals surface area (Å²) >= 11 is 0. The van der Waals surface area contributed by atoms with Crippen LogP contribution in [-0.2, 0) is 0 Å². The highest BCUT2D eigenvalue weighted by Gasteiger charge is 2.12. The van der Waals surface area contributed by atoms with Crippen molar-refractivity contribution < 1.29 is 4.79 Å². The lowest BCUT2D eigenvalue weighted by molar-refractivity contribution is 0.0788. The van der Waals surface area contributed by atoms with E-state index in [1.165, 1.54) is 12.4 Å².